The van der Waals surface area contributed by atoms with Gasteiger partial charge in [0.1, 0.15) is 5.69 Å². The van der Waals surface area contributed by atoms with Gasteiger partial charge in [-0.25, -0.2) is 0 Å². The maximum absolute atomic E-state index is 12.1. The first kappa shape index (κ1) is 15.0. The van der Waals surface area contributed by atoms with E-state index in [9.17, 15) is 14.9 Å². The lowest BCUT2D eigenvalue weighted by atomic mass is 10.1. The average molecular weight is 305 g/mol. The molecular weight excluding hydrogens is 292 g/mol. The third-order valence-corrected chi connectivity index (χ3v) is 3.44. The largest absolute Gasteiger partial charge is 0.316 e. The number of nitrogens with zero attached hydrogens (tertiary/aromatic N) is 1. The number of anilines is 1. The van der Waals surface area contributed by atoms with Crippen molar-refractivity contribution in [1.29, 1.82) is 0 Å². The Labute approximate surface area is 126 Å². The minimum absolute atomic E-state index is 0.137. The Bertz CT molecular complexity index is 729. The van der Waals surface area contributed by atoms with Gasteiger partial charge in [0.2, 0.25) is 0 Å². The second-order valence-electron chi connectivity index (χ2n) is 4.70. The average Bonchev–Trinajstić information content (AvgIpc) is 2.43. The third-order valence-electron chi connectivity index (χ3n) is 3.03. The van der Waals surface area contributed by atoms with E-state index in [0.29, 0.717) is 10.6 Å². The maximum atomic E-state index is 12.1. The number of hydrogen-bond donors (Lipinski definition) is 1. The molecule has 21 heavy (non-hydrogen) atoms. The number of aryl methyl sites for hydroxylation is 2. The summed E-state index contributed by atoms with van der Waals surface area (Å²) in [5.74, 6) is -0.441. The van der Waals surface area contributed by atoms with Gasteiger partial charge in [-0.15, -0.1) is 0 Å². The van der Waals surface area contributed by atoms with E-state index in [0.717, 1.165) is 11.1 Å². The zero-order valence-electron chi connectivity index (χ0n) is 11.5. The maximum Gasteiger partial charge on any atom is 0.293 e. The fraction of sp³-hybridized carbons (Fsp3) is 0.133. The van der Waals surface area contributed by atoms with Crippen LogP contribution in [0.3, 0.4) is 0 Å². The topological polar surface area (TPSA) is 72.2 Å². The Balaban J connectivity index is 2.31. The first-order valence-electron chi connectivity index (χ1n) is 6.21. The van der Waals surface area contributed by atoms with Gasteiger partial charge in [-0.1, -0.05) is 23.7 Å². The quantitative estimate of drug-likeness (QED) is 0.685. The highest BCUT2D eigenvalue weighted by Crippen LogP contribution is 2.26. The van der Waals surface area contributed by atoms with E-state index in [1.165, 1.54) is 18.2 Å². The number of nitro groups is 1. The minimum Gasteiger partial charge on any atom is -0.316 e. The number of nitro benzene ring substituents is 1. The van der Waals surface area contributed by atoms with Crippen molar-refractivity contribution >= 4 is 28.9 Å². The Morgan fingerprint density at radius 3 is 2.52 bits per heavy atom. The number of halogens is 1. The molecule has 6 heteroatoms. The first-order valence-corrected chi connectivity index (χ1v) is 6.59. The molecule has 0 saturated carbocycles. The minimum atomic E-state index is -0.523. The van der Waals surface area contributed by atoms with Crippen molar-refractivity contribution in [3.8, 4) is 0 Å². The van der Waals surface area contributed by atoms with Crippen molar-refractivity contribution in [2.24, 2.45) is 0 Å². The van der Waals surface area contributed by atoms with E-state index in [-0.39, 0.29) is 11.4 Å². The number of amides is 1. The van der Waals surface area contributed by atoms with Gasteiger partial charge >= 0.3 is 0 Å². The lowest BCUT2D eigenvalue weighted by Gasteiger charge is -2.07. The van der Waals surface area contributed by atoms with Crippen LogP contribution < -0.4 is 5.32 Å². The van der Waals surface area contributed by atoms with E-state index in [2.05, 4.69) is 5.32 Å². The normalized spacial score (nSPS) is 10.2. The van der Waals surface area contributed by atoms with Crippen molar-refractivity contribution in [3.05, 3.63) is 68.2 Å². The predicted octanol–water partition coefficient (Wildman–Crippen LogP) is 4.12. The van der Waals surface area contributed by atoms with Crippen LogP contribution in [0.4, 0.5) is 11.4 Å². The van der Waals surface area contributed by atoms with Crippen molar-refractivity contribution in [2.75, 3.05) is 5.32 Å². The van der Waals surface area contributed by atoms with E-state index in [4.69, 9.17) is 11.6 Å². The molecular formula is C15H13ClN2O3. The SMILES string of the molecule is Cc1ccc(NC(=O)c2ccc(C)c(Cl)c2)c([N+](=O)[O-])c1. The van der Waals surface area contributed by atoms with Crippen LogP contribution in [0.25, 0.3) is 0 Å². The van der Waals surface area contributed by atoms with Gasteiger partial charge in [0, 0.05) is 16.7 Å². The standard InChI is InChI=1S/C15H13ClN2O3/c1-9-3-6-13(14(7-9)18(20)21)17-15(19)11-5-4-10(2)12(16)8-11/h3-8H,1-2H3,(H,17,19). The summed E-state index contributed by atoms with van der Waals surface area (Å²) < 4.78 is 0. The molecule has 1 N–H and O–H groups in total. The summed E-state index contributed by atoms with van der Waals surface area (Å²) in [6.45, 7) is 3.58. The zero-order valence-corrected chi connectivity index (χ0v) is 12.3. The molecule has 2 rings (SSSR count). The number of carbonyl (C=O) groups is 1. The molecule has 0 bridgehead atoms. The van der Waals surface area contributed by atoms with Crippen LogP contribution in [0.15, 0.2) is 36.4 Å². The molecule has 0 aliphatic carbocycles. The molecule has 0 aliphatic rings. The van der Waals surface area contributed by atoms with E-state index in [1.807, 2.05) is 6.92 Å². The molecule has 0 saturated heterocycles. The molecule has 1 amide bonds. The molecule has 2 aromatic rings. The number of hydrogen-bond acceptors (Lipinski definition) is 3. The van der Waals surface area contributed by atoms with Crippen LogP contribution in [-0.2, 0) is 0 Å². The van der Waals surface area contributed by atoms with Gasteiger partial charge < -0.3 is 5.32 Å². The van der Waals surface area contributed by atoms with Crippen molar-refractivity contribution in [1.82, 2.24) is 0 Å². The highest BCUT2D eigenvalue weighted by atomic mass is 35.5. The second-order valence-corrected chi connectivity index (χ2v) is 5.10. The van der Waals surface area contributed by atoms with Crippen molar-refractivity contribution in [3.63, 3.8) is 0 Å². The van der Waals surface area contributed by atoms with E-state index in [1.54, 1.807) is 25.1 Å². The van der Waals surface area contributed by atoms with Crippen LogP contribution in [0.1, 0.15) is 21.5 Å². The van der Waals surface area contributed by atoms with Crippen molar-refractivity contribution < 1.29 is 9.72 Å². The smallest absolute Gasteiger partial charge is 0.293 e. The van der Waals surface area contributed by atoms with Crippen LogP contribution >= 0.6 is 11.6 Å². The molecule has 0 fully saturated rings. The lowest BCUT2D eigenvalue weighted by molar-refractivity contribution is -0.384. The molecule has 5 nitrogen and oxygen atoms in total. The fourth-order valence-electron chi connectivity index (χ4n) is 1.83. The number of carbonyl (C=O) groups excluding carboxylic acids is 1. The molecule has 0 atom stereocenters. The van der Waals surface area contributed by atoms with Gasteiger partial charge in [0.05, 0.1) is 4.92 Å². The molecule has 2 aromatic carbocycles. The predicted molar refractivity (Wildman–Crippen MR) is 82.0 cm³/mol. The van der Waals surface area contributed by atoms with Gasteiger partial charge in [-0.2, -0.15) is 0 Å². The Hall–Kier alpha value is -2.40. The Morgan fingerprint density at radius 1 is 1.19 bits per heavy atom. The van der Waals surface area contributed by atoms with Crippen LogP contribution in [-0.4, -0.2) is 10.8 Å². The van der Waals surface area contributed by atoms with Crippen LogP contribution in [0.2, 0.25) is 5.02 Å². The summed E-state index contributed by atoms with van der Waals surface area (Å²) >= 11 is 5.98. The molecule has 0 aromatic heterocycles. The summed E-state index contributed by atoms with van der Waals surface area (Å²) in [5.41, 5.74) is 1.97. The van der Waals surface area contributed by atoms with E-state index >= 15 is 0 Å². The molecule has 0 unspecified atom stereocenters. The Kier molecular flexibility index (Phi) is 4.23. The van der Waals surface area contributed by atoms with Crippen LogP contribution in [0.5, 0.6) is 0 Å². The number of benzene rings is 2. The molecule has 0 aliphatic heterocycles. The molecule has 108 valence electrons. The highest BCUT2D eigenvalue weighted by molar-refractivity contribution is 6.31. The highest BCUT2D eigenvalue weighted by Gasteiger charge is 2.17. The van der Waals surface area contributed by atoms with Crippen molar-refractivity contribution in [2.45, 2.75) is 13.8 Å². The number of rotatable bonds is 3. The summed E-state index contributed by atoms with van der Waals surface area (Å²) in [5, 5.41) is 14.0. The summed E-state index contributed by atoms with van der Waals surface area (Å²) in [7, 11) is 0. The van der Waals surface area contributed by atoms with Gasteiger partial charge in [0.25, 0.3) is 11.6 Å². The van der Waals surface area contributed by atoms with Gasteiger partial charge in [-0.05, 0) is 43.2 Å². The summed E-state index contributed by atoms with van der Waals surface area (Å²) in [6.07, 6.45) is 0. The third kappa shape index (κ3) is 3.38. The number of nitrogens with one attached hydrogen (secondary N) is 1. The Morgan fingerprint density at radius 2 is 1.90 bits per heavy atom. The molecule has 0 spiro atoms. The lowest BCUT2D eigenvalue weighted by Crippen LogP contribution is -2.13. The molecule has 0 radical (unpaired) electrons. The second kappa shape index (κ2) is 5.93. The van der Waals surface area contributed by atoms with Gasteiger partial charge in [-0.3, -0.25) is 14.9 Å². The first-order chi connectivity index (χ1) is 9.88. The summed E-state index contributed by atoms with van der Waals surface area (Å²) in [6, 6.07) is 9.51. The molecule has 0 heterocycles. The fourth-order valence-corrected chi connectivity index (χ4v) is 2.01. The van der Waals surface area contributed by atoms with Gasteiger partial charge in [0.15, 0.2) is 0 Å². The summed E-state index contributed by atoms with van der Waals surface area (Å²) in [4.78, 5) is 22.6. The monoisotopic (exact) mass is 304 g/mol. The van der Waals surface area contributed by atoms with E-state index < -0.39 is 10.8 Å². The van der Waals surface area contributed by atoms with Crippen LogP contribution in [0, 0.1) is 24.0 Å². The zero-order chi connectivity index (χ0) is 15.6.